The number of hydrogen-bond donors (Lipinski definition) is 0. The molecule has 0 N–H and O–H groups in total. The molecular formula is C26H22BrClN4O4. The fourth-order valence-electron chi connectivity index (χ4n) is 3.49. The largest absolute Gasteiger partial charge is 0.488 e. The van der Waals surface area contributed by atoms with Crippen LogP contribution in [0.25, 0.3) is 10.9 Å². The van der Waals surface area contributed by atoms with Crippen molar-refractivity contribution in [1.82, 2.24) is 9.66 Å². The zero-order valence-corrected chi connectivity index (χ0v) is 22.1. The molecule has 1 heterocycles. The molecule has 0 atom stereocenters. The molecule has 0 spiro atoms. The smallest absolute Gasteiger partial charge is 0.282 e. The lowest BCUT2D eigenvalue weighted by atomic mass is 9.95. The van der Waals surface area contributed by atoms with Crippen LogP contribution < -0.4 is 10.3 Å². The molecule has 4 aromatic rings. The van der Waals surface area contributed by atoms with Gasteiger partial charge in [0.15, 0.2) is 0 Å². The van der Waals surface area contributed by atoms with Gasteiger partial charge in [0.05, 0.1) is 22.0 Å². The van der Waals surface area contributed by atoms with E-state index < -0.39 is 10.3 Å². The van der Waals surface area contributed by atoms with Gasteiger partial charge in [-0.3, -0.25) is 14.9 Å². The van der Waals surface area contributed by atoms with Crippen LogP contribution >= 0.6 is 27.5 Å². The second-order valence-electron chi connectivity index (χ2n) is 9.10. The first-order valence-corrected chi connectivity index (χ1v) is 12.1. The Labute approximate surface area is 220 Å². The Morgan fingerprint density at radius 1 is 1.14 bits per heavy atom. The van der Waals surface area contributed by atoms with Crippen LogP contribution in [0.15, 0.2) is 75.0 Å². The summed E-state index contributed by atoms with van der Waals surface area (Å²) in [5.74, 6) is 0.998. The Balaban J connectivity index is 1.71. The molecule has 10 heteroatoms. The first-order chi connectivity index (χ1) is 17.0. The number of nitro groups is 1. The molecule has 0 fully saturated rings. The van der Waals surface area contributed by atoms with E-state index in [4.69, 9.17) is 21.3 Å². The molecule has 4 rings (SSSR count). The minimum Gasteiger partial charge on any atom is -0.488 e. The summed E-state index contributed by atoms with van der Waals surface area (Å²) < 4.78 is 8.02. The number of nitrogens with zero attached hydrogens (tertiary/aromatic N) is 4. The molecular weight excluding hydrogens is 548 g/mol. The van der Waals surface area contributed by atoms with Crippen molar-refractivity contribution < 1.29 is 9.66 Å². The average Bonchev–Trinajstić information content (AvgIpc) is 2.82. The Morgan fingerprint density at radius 3 is 2.53 bits per heavy atom. The van der Waals surface area contributed by atoms with E-state index in [1.807, 2.05) is 26.8 Å². The SMILES string of the molecule is CC(C)(C)c1nc2ccc(Br)cc2c(=O)n1N=Cc1cc(Cl)ccc1OCc1ccc([N+](=O)[O-])cc1. The Bertz CT molecular complexity index is 1540. The topological polar surface area (TPSA) is 99.6 Å². The lowest BCUT2D eigenvalue weighted by Crippen LogP contribution is -2.29. The predicted molar refractivity (Wildman–Crippen MR) is 144 cm³/mol. The van der Waals surface area contributed by atoms with Crippen molar-refractivity contribution in [3.8, 4) is 5.75 Å². The summed E-state index contributed by atoms with van der Waals surface area (Å²) in [5, 5.41) is 16.3. The molecule has 0 aliphatic carbocycles. The summed E-state index contributed by atoms with van der Waals surface area (Å²) in [7, 11) is 0. The maximum absolute atomic E-state index is 13.4. The number of nitro benzene ring substituents is 1. The van der Waals surface area contributed by atoms with Crippen LogP contribution in [0.2, 0.25) is 5.02 Å². The van der Waals surface area contributed by atoms with E-state index in [0.29, 0.717) is 33.1 Å². The highest BCUT2D eigenvalue weighted by Gasteiger charge is 2.23. The molecule has 0 saturated carbocycles. The van der Waals surface area contributed by atoms with E-state index in [2.05, 4.69) is 21.0 Å². The van der Waals surface area contributed by atoms with E-state index >= 15 is 0 Å². The minimum absolute atomic E-state index is 0.00850. The van der Waals surface area contributed by atoms with Crippen LogP contribution in [-0.4, -0.2) is 20.8 Å². The number of benzene rings is 3. The van der Waals surface area contributed by atoms with E-state index in [-0.39, 0.29) is 17.9 Å². The summed E-state index contributed by atoms with van der Waals surface area (Å²) in [4.78, 5) is 28.5. The van der Waals surface area contributed by atoms with Crippen molar-refractivity contribution in [3.05, 3.63) is 108 Å². The highest BCUT2D eigenvalue weighted by molar-refractivity contribution is 9.10. The molecule has 0 aliphatic rings. The van der Waals surface area contributed by atoms with Gasteiger partial charge in [-0.1, -0.05) is 48.3 Å². The summed E-state index contributed by atoms with van der Waals surface area (Å²) >= 11 is 9.64. The molecule has 0 saturated heterocycles. The van der Waals surface area contributed by atoms with Crippen LogP contribution in [0, 0.1) is 10.1 Å². The van der Waals surface area contributed by atoms with Crippen molar-refractivity contribution >= 4 is 50.3 Å². The monoisotopic (exact) mass is 568 g/mol. The van der Waals surface area contributed by atoms with Crippen LogP contribution in [0.4, 0.5) is 5.69 Å². The Morgan fingerprint density at radius 2 is 1.86 bits per heavy atom. The van der Waals surface area contributed by atoms with E-state index in [1.165, 1.54) is 23.0 Å². The van der Waals surface area contributed by atoms with E-state index in [0.717, 1.165) is 10.0 Å². The quantitative estimate of drug-likeness (QED) is 0.150. The number of aromatic nitrogens is 2. The van der Waals surface area contributed by atoms with Crippen LogP contribution in [0.3, 0.4) is 0 Å². The number of halogens is 2. The molecule has 0 bridgehead atoms. The third-order valence-electron chi connectivity index (χ3n) is 5.30. The van der Waals surface area contributed by atoms with Gasteiger partial charge in [-0.25, -0.2) is 4.98 Å². The van der Waals surface area contributed by atoms with Crippen LogP contribution in [0.1, 0.15) is 37.7 Å². The van der Waals surface area contributed by atoms with E-state index in [1.54, 1.807) is 42.5 Å². The minimum atomic E-state index is -0.457. The van der Waals surface area contributed by atoms with Gasteiger partial charge in [0.25, 0.3) is 11.2 Å². The fourth-order valence-corrected chi connectivity index (χ4v) is 4.03. The van der Waals surface area contributed by atoms with Gasteiger partial charge in [0.1, 0.15) is 18.2 Å². The van der Waals surface area contributed by atoms with Crippen molar-refractivity contribution in [2.45, 2.75) is 32.8 Å². The molecule has 36 heavy (non-hydrogen) atoms. The molecule has 1 aromatic heterocycles. The highest BCUT2D eigenvalue weighted by Crippen LogP contribution is 2.25. The standard InChI is InChI=1S/C26H22BrClN4O4/c1-26(2,3)25-30-22-10-6-18(27)13-21(22)24(33)31(25)29-14-17-12-19(28)7-11-23(17)36-15-16-4-8-20(9-5-16)32(34)35/h4-14H,15H2,1-3H3. The first kappa shape index (κ1) is 25.5. The number of non-ortho nitro benzene ring substituents is 1. The summed E-state index contributed by atoms with van der Waals surface area (Å²) in [6, 6.07) is 16.6. The highest BCUT2D eigenvalue weighted by atomic mass is 79.9. The zero-order valence-electron chi connectivity index (χ0n) is 19.7. The van der Waals surface area contributed by atoms with Crippen molar-refractivity contribution in [2.24, 2.45) is 5.10 Å². The normalized spacial score (nSPS) is 11.8. The third-order valence-corrected chi connectivity index (χ3v) is 6.03. The molecule has 0 amide bonds. The number of rotatable bonds is 6. The second-order valence-corrected chi connectivity index (χ2v) is 10.5. The van der Waals surface area contributed by atoms with Crippen LogP contribution in [0.5, 0.6) is 5.75 Å². The lowest BCUT2D eigenvalue weighted by Gasteiger charge is -2.21. The second kappa shape index (κ2) is 10.2. The summed E-state index contributed by atoms with van der Waals surface area (Å²) in [5.41, 5.74) is 1.17. The van der Waals surface area contributed by atoms with Gasteiger partial charge < -0.3 is 4.74 Å². The van der Waals surface area contributed by atoms with Crippen molar-refractivity contribution in [1.29, 1.82) is 0 Å². The van der Waals surface area contributed by atoms with Crippen molar-refractivity contribution in [3.63, 3.8) is 0 Å². The van der Waals surface area contributed by atoms with Gasteiger partial charge in [-0.15, -0.1) is 0 Å². The average molecular weight is 570 g/mol. The predicted octanol–water partition coefficient (Wildman–Crippen LogP) is 6.48. The van der Waals surface area contributed by atoms with Gasteiger partial charge in [0, 0.05) is 32.6 Å². The van der Waals surface area contributed by atoms with E-state index in [9.17, 15) is 14.9 Å². The molecule has 8 nitrogen and oxygen atoms in total. The zero-order chi connectivity index (χ0) is 26.0. The number of ether oxygens (including phenoxy) is 1. The first-order valence-electron chi connectivity index (χ1n) is 11.0. The van der Waals surface area contributed by atoms with Gasteiger partial charge in [0.2, 0.25) is 0 Å². The Hall–Kier alpha value is -3.56. The van der Waals surface area contributed by atoms with Gasteiger partial charge in [-0.05, 0) is 54.1 Å². The van der Waals surface area contributed by atoms with Gasteiger partial charge >= 0.3 is 0 Å². The third kappa shape index (κ3) is 5.63. The maximum atomic E-state index is 13.4. The number of fused-ring (bicyclic) bond motifs is 1. The summed E-state index contributed by atoms with van der Waals surface area (Å²) in [6.45, 7) is 6.07. The Kier molecular flexibility index (Phi) is 7.23. The lowest BCUT2D eigenvalue weighted by molar-refractivity contribution is -0.384. The molecule has 184 valence electrons. The molecule has 0 aliphatic heterocycles. The van der Waals surface area contributed by atoms with Crippen LogP contribution in [-0.2, 0) is 12.0 Å². The maximum Gasteiger partial charge on any atom is 0.282 e. The molecule has 3 aromatic carbocycles. The summed E-state index contributed by atoms with van der Waals surface area (Å²) in [6.07, 6.45) is 1.51. The molecule has 0 unspecified atom stereocenters. The van der Waals surface area contributed by atoms with Gasteiger partial charge in [-0.2, -0.15) is 9.78 Å². The van der Waals surface area contributed by atoms with Crippen molar-refractivity contribution in [2.75, 3.05) is 0 Å². The molecule has 0 radical (unpaired) electrons. The number of hydrogen-bond acceptors (Lipinski definition) is 6. The fraction of sp³-hybridized carbons (Fsp3) is 0.192.